The Kier molecular flexibility index (Phi) is 6.57. The van der Waals surface area contributed by atoms with Gasteiger partial charge in [0.05, 0.1) is 21.8 Å². The topological polar surface area (TPSA) is 29.1 Å². The molecule has 124 valence electrons. The van der Waals surface area contributed by atoms with Crippen molar-refractivity contribution in [3.05, 3.63) is 71.3 Å². The molecular formula is C19H24BrNOS. The fourth-order valence-electron chi connectivity index (χ4n) is 2.39. The summed E-state index contributed by atoms with van der Waals surface area (Å²) in [5.74, 6) is 0. The van der Waals surface area contributed by atoms with E-state index in [1.54, 1.807) is 0 Å². The van der Waals surface area contributed by atoms with Crippen LogP contribution in [0, 0.1) is 0 Å². The van der Waals surface area contributed by atoms with Crippen LogP contribution in [0.1, 0.15) is 43.5 Å². The van der Waals surface area contributed by atoms with Gasteiger partial charge in [-0.05, 0) is 43.9 Å². The smallest absolute Gasteiger partial charge is 0.0979 e. The average molecular weight is 394 g/mol. The quantitative estimate of drug-likeness (QED) is 0.703. The highest BCUT2D eigenvalue weighted by atomic mass is 79.9. The van der Waals surface area contributed by atoms with Crippen molar-refractivity contribution in [2.75, 3.05) is 5.33 Å². The van der Waals surface area contributed by atoms with Gasteiger partial charge in [0, 0.05) is 5.33 Å². The second-order valence-electron chi connectivity index (χ2n) is 6.48. The molecule has 2 atom stereocenters. The highest BCUT2D eigenvalue weighted by molar-refractivity contribution is 9.09. The lowest BCUT2D eigenvalue weighted by Crippen LogP contribution is -2.36. The lowest BCUT2D eigenvalue weighted by Gasteiger charge is -2.26. The summed E-state index contributed by atoms with van der Waals surface area (Å²) in [6.45, 7) is 5.97. The molecule has 1 N–H and O–H groups in total. The van der Waals surface area contributed by atoms with Crippen molar-refractivity contribution in [1.82, 2.24) is 4.72 Å². The Morgan fingerprint density at radius 1 is 1.04 bits per heavy atom. The molecule has 0 aliphatic heterocycles. The SMILES string of the molecule is CC(C)(C)S(=O)N[C@@H](c1ccccc1)c1ccccc1CCBr. The number of rotatable bonds is 6. The molecule has 2 aromatic rings. The molecular weight excluding hydrogens is 370 g/mol. The highest BCUT2D eigenvalue weighted by Crippen LogP contribution is 2.27. The maximum atomic E-state index is 12.7. The summed E-state index contributed by atoms with van der Waals surface area (Å²) < 4.78 is 15.7. The third-order valence-electron chi connectivity index (χ3n) is 3.64. The molecule has 0 spiro atoms. The third-order valence-corrected chi connectivity index (χ3v) is 5.60. The van der Waals surface area contributed by atoms with Crippen LogP contribution in [0.15, 0.2) is 54.6 Å². The molecule has 2 aromatic carbocycles. The first-order valence-corrected chi connectivity index (χ1v) is 10.1. The Morgan fingerprint density at radius 3 is 2.26 bits per heavy atom. The van der Waals surface area contributed by atoms with Crippen molar-refractivity contribution >= 4 is 26.9 Å². The zero-order valence-corrected chi connectivity index (χ0v) is 16.3. The molecule has 0 bridgehead atoms. The summed E-state index contributed by atoms with van der Waals surface area (Å²) in [5, 5.41) is 0.911. The van der Waals surface area contributed by atoms with Crippen LogP contribution in [-0.4, -0.2) is 14.3 Å². The van der Waals surface area contributed by atoms with Crippen molar-refractivity contribution in [1.29, 1.82) is 0 Å². The van der Waals surface area contributed by atoms with Gasteiger partial charge in [0.2, 0.25) is 0 Å². The molecule has 0 radical (unpaired) electrons. The highest BCUT2D eigenvalue weighted by Gasteiger charge is 2.25. The molecule has 0 aliphatic rings. The molecule has 0 aliphatic carbocycles. The molecule has 23 heavy (non-hydrogen) atoms. The van der Waals surface area contributed by atoms with Gasteiger partial charge in [0.1, 0.15) is 0 Å². The minimum absolute atomic E-state index is 0.0773. The lowest BCUT2D eigenvalue weighted by atomic mass is 9.94. The number of hydrogen-bond acceptors (Lipinski definition) is 1. The van der Waals surface area contributed by atoms with Gasteiger partial charge in [-0.1, -0.05) is 70.5 Å². The number of hydrogen-bond donors (Lipinski definition) is 1. The molecule has 0 aromatic heterocycles. The normalized spacial score (nSPS) is 14.4. The van der Waals surface area contributed by atoms with E-state index in [2.05, 4.69) is 51.0 Å². The van der Waals surface area contributed by atoms with Gasteiger partial charge in [0.25, 0.3) is 0 Å². The minimum atomic E-state index is -1.14. The van der Waals surface area contributed by atoms with Crippen LogP contribution in [0.5, 0.6) is 0 Å². The van der Waals surface area contributed by atoms with E-state index >= 15 is 0 Å². The maximum absolute atomic E-state index is 12.7. The van der Waals surface area contributed by atoms with Crippen LogP contribution < -0.4 is 4.72 Å². The zero-order chi connectivity index (χ0) is 16.9. The fourth-order valence-corrected chi connectivity index (χ4v) is 3.64. The molecule has 0 fully saturated rings. The van der Waals surface area contributed by atoms with Gasteiger partial charge in [-0.25, -0.2) is 8.93 Å². The minimum Gasteiger partial charge on any atom is -0.242 e. The molecule has 0 saturated carbocycles. The van der Waals surface area contributed by atoms with Gasteiger partial charge < -0.3 is 0 Å². The molecule has 4 heteroatoms. The Balaban J connectivity index is 2.44. The molecule has 0 heterocycles. The maximum Gasteiger partial charge on any atom is 0.0979 e. The Hall–Kier alpha value is -0.970. The molecule has 2 nitrogen and oxygen atoms in total. The van der Waals surface area contributed by atoms with E-state index in [-0.39, 0.29) is 10.8 Å². The van der Waals surface area contributed by atoms with Crippen molar-refractivity contribution in [3.63, 3.8) is 0 Å². The Labute approximate surface area is 150 Å². The van der Waals surface area contributed by atoms with E-state index in [4.69, 9.17) is 0 Å². The van der Waals surface area contributed by atoms with Gasteiger partial charge >= 0.3 is 0 Å². The first-order valence-electron chi connectivity index (χ1n) is 7.80. The number of aryl methyl sites for hydroxylation is 1. The standard InChI is InChI=1S/C19H24BrNOS/c1-19(2,3)23(22)21-18(16-10-5-4-6-11-16)17-12-8-7-9-15(17)13-14-20/h4-12,18,21H,13-14H2,1-3H3/t18-,23?/m0/s1. The first-order chi connectivity index (χ1) is 10.9. The number of alkyl halides is 1. The van der Waals surface area contributed by atoms with Crippen LogP contribution in [0.4, 0.5) is 0 Å². The summed E-state index contributed by atoms with van der Waals surface area (Å²) >= 11 is 3.53. The van der Waals surface area contributed by atoms with Crippen LogP contribution in [0.25, 0.3) is 0 Å². The van der Waals surface area contributed by atoms with Gasteiger partial charge in [-0.3, -0.25) is 0 Å². The van der Waals surface area contributed by atoms with Gasteiger partial charge in [-0.2, -0.15) is 0 Å². The predicted molar refractivity (Wildman–Crippen MR) is 103 cm³/mol. The number of benzene rings is 2. The van der Waals surface area contributed by atoms with Crippen LogP contribution in [-0.2, 0) is 17.4 Å². The van der Waals surface area contributed by atoms with Crippen LogP contribution in [0.2, 0.25) is 0 Å². The second-order valence-corrected chi connectivity index (χ2v) is 9.27. The van der Waals surface area contributed by atoms with Crippen LogP contribution in [0.3, 0.4) is 0 Å². The summed E-state index contributed by atoms with van der Waals surface area (Å²) in [6.07, 6.45) is 0.948. The molecule has 0 saturated heterocycles. The van der Waals surface area contributed by atoms with E-state index in [0.29, 0.717) is 0 Å². The molecule has 1 unspecified atom stereocenters. The number of halogens is 1. The Bertz CT molecular complexity index is 652. The first kappa shape index (κ1) is 18.4. The monoisotopic (exact) mass is 393 g/mol. The number of nitrogens with one attached hydrogen (secondary N) is 1. The van der Waals surface area contributed by atoms with Crippen molar-refractivity contribution in [3.8, 4) is 0 Å². The summed E-state index contributed by atoms with van der Waals surface area (Å²) in [7, 11) is -1.14. The van der Waals surface area contributed by atoms with Gasteiger partial charge in [0.15, 0.2) is 0 Å². The summed E-state index contributed by atoms with van der Waals surface area (Å²) in [5.41, 5.74) is 3.60. The third kappa shape index (κ3) is 5.00. The summed E-state index contributed by atoms with van der Waals surface area (Å²) in [6, 6.07) is 18.5. The summed E-state index contributed by atoms with van der Waals surface area (Å²) in [4.78, 5) is 0. The van der Waals surface area contributed by atoms with Crippen molar-refractivity contribution in [2.45, 2.75) is 38.0 Å². The van der Waals surface area contributed by atoms with E-state index < -0.39 is 11.0 Å². The average Bonchev–Trinajstić information content (AvgIpc) is 2.53. The zero-order valence-electron chi connectivity index (χ0n) is 13.9. The molecule has 2 rings (SSSR count). The van der Waals surface area contributed by atoms with Crippen LogP contribution >= 0.6 is 15.9 Å². The Morgan fingerprint density at radius 2 is 1.65 bits per heavy atom. The van der Waals surface area contributed by atoms with E-state index in [1.165, 1.54) is 11.1 Å². The molecule has 0 amide bonds. The van der Waals surface area contributed by atoms with Crippen molar-refractivity contribution < 1.29 is 4.21 Å². The predicted octanol–water partition coefficient (Wildman–Crippen LogP) is 4.77. The second kappa shape index (κ2) is 8.22. The van der Waals surface area contributed by atoms with E-state index in [1.807, 2.05) is 45.0 Å². The lowest BCUT2D eigenvalue weighted by molar-refractivity contribution is 0.622. The van der Waals surface area contributed by atoms with Crippen molar-refractivity contribution in [2.24, 2.45) is 0 Å². The largest absolute Gasteiger partial charge is 0.242 e. The van der Waals surface area contributed by atoms with E-state index in [0.717, 1.165) is 17.3 Å². The van der Waals surface area contributed by atoms with Gasteiger partial charge in [-0.15, -0.1) is 0 Å². The fraction of sp³-hybridized carbons (Fsp3) is 0.368. The van der Waals surface area contributed by atoms with E-state index in [9.17, 15) is 4.21 Å².